The summed E-state index contributed by atoms with van der Waals surface area (Å²) in [5, 5.41) is 2.46. The zero-order valence-electron chi connectivity index (χ0n) is 16.5. The lowest BCUT2D eigenvalue weighted by Crippen LogP contribution is -2.30. The second-order valence-electron chi connectivity index (χ2n) is 7.91. The van der Waals surface area contributed by atoms with Crippen LogP contribution >= 0.6 is 0 Å². The van der Waals surface area contributed by atoms with Crippen molar-refractivity contribution < 1.29 is 4.74 Å². The van der Waals surface area contributed by atoms with Gasteiger partial charge in [0.1, 0.15) is 5.54 Å². The molecule has 29 heavy (non-hydrogen) atoms. The van der Waals surface area contributed by atoms with Crippen LogP contribution in [0.15, 0.2) is 108 Å². The van der Waals surface area contributed by atoms with E-state index >= 15 is 0 Å². The predicted molar refractivity (Wildman–Crippen MR) is 119 cm³/mol. The van der Waals surface area contributed by atoms with E-state index in [1.54, 1.807) is 0 Å². The van der Waals surface area contributed by atoms with Crippen LogP contribution in [0.25, 0.3) is 10.8 Å². The van der Waals surface area contributed by atoms with Gasteiger partial charge in [0.05, 0.1) is 0 Å². The monoisotopic (exact) mass is 377 g/mol. The average Bonchev–Trinajstić information content (AvgIpc) is 3.11. The number of ether oxygens (including phenoxy) is 1. The molecule has 0 aromatic heterocycles. The molecule has 4 aromatic rings. The fourth-order valence-corrected chi connectivity index (χ4v) is 4.21. The molecule has 142 valence electrons. The van der Waals surface area contributed by atoms with E-state index in [0.29, 0.717) is 0 Å². The summed E-state index contributed by atoms with van der Waals surface area (Å²) in [5.74, 6) is 0.724. The molecule has 0 spiro atoms. The van der Waals surface area contributed by atoms with Crippen LogP contribution in [0, 0.1) is 0 Å². The highest BCUT2D eigenvalue weighted by Gasteiger charge is 2.43. The van der Waals surface area contributed by atoms with Crippen LogP contribution in [-0.4, -0.2) is 11.4 Å². The van der Waals surface area contributed by atoms with Gasteiger partial charge in [-0.25, -0.2) is 4.99 Å². The third kappa shape index (κ3) is 3.42. The van der Waals surface area contributed by atoms with Crippen molar-refractivity contribution in [3.63, 3.8) is 0 Å². The van der Waals surface area contributed by atoms with Gasteiger partial charge in [-0.2, -0.15) is 0 Å². The van der Waals surface area contributed by atoms with Crippen LogP contribution in [0.1, 0.15) is 29.7 Å². The maximum atomic E-state index is 6.52. The summed E-state index contributed by atoms with van der Waals surface area (Å²) in [7, 11) is 0. The fraction of sp³-hybridized carbons (Fsp3) is 0.148. The number of rotatable bonds is 4. The molecule has 1 aliphatic rings. The topological polar surface area (TPSA) is 21.6 Å². The van der Waals surface area contributed by atoms with Crippen LogP contribution in [0.4, 0.5) is 0 Å². The molecule has 2 atom stereocenters. The second kappa shape index (κ2) is 7.21. The second-order valence-corrected chi connectivity index (χ2v) is 7.91. The van der Waals surface area contributed by atoms with Crippen LogP contribution in [0.2, 0.25) is 0 Å². The van der Waals surface area contributed by atoms with Gasteiger partial charge in [0.25, 0.3) is 0 Å². The van der Waals surface area contributed by atoms with E-state index in [1.807, 2.05) is 18.2 Å². The van der Waals surface area contributed by atoms with Crippen LogP contribution < -0.4 is 0 Å². The van der Waals surface area contributed by atoms with Gasteiger partial charge in [0.15, 0.2) is 6.10 Å². The maximum absolute atomic E-state index is 6.52. The summed E-state index contributed by atoms with van der Waals surface area (Å²) in [6.45, 7) is 2.20. The molecule has 0 unspecified atom stereocenters. The number of hydrogen-bond acceptors (Lipinski definition) is 2. The zero-order valence-corrected chi connectivity index (χ0v) is 16.5. The first kappa shape index (κ1) is 17.7. The van der Waals surface area contributed by atoms with Gasteiger partial charge in [0, 0.05) is 12.0 Å². The van der Waals surface area contributed by atoms with Gasteiger partial charge < -0.3 is 4.74 Å². The summed E-state index contributed by atoms with van der Waals surface area (Å²) < 4.78 is 6.52. The average molecular weight is 377 g/mol. The Bertz CT molecular complexity index is 1170. The zero-order chi connectivity index (χ0) is 19.7. The Balaban J connectivity index is 1.58. The molecule has 0 N–H and O–H groups in total. The molecule has 0 amide bonds. The third-order valence-electron chi connectivity index (χ3n) is 5.65. The predicted octanol–water partition coefficient (Wildman–Crippen LogP) is 6.36. The molecule has 1 aliphatic heterocycles. The number of hydrogen-bond donors (Lipinski definition) is 0. The molecular formula is C27H23NO. The first-order valence-electron chi connectivity index (χ1n) is 10.1. The Morgan fingerprint density at radius 3 is 2.17 bits per heavy atom. The Morgan fingerprint density at radius 1 is 0.759 bits per heavy atom. The number of benzene rings is 4. The maximum Gasteiger partial charge on any atom is 0.217 e. The number of aliphatic imine (C=N–C) groups is 1. The molecule has 2 nitrogen and oxygen atoms in total. The number of fused-ring (bicyclic) bond motifs is 1. The van der Waals surface area contributed by atoms with Crippen molar-refractivity contribution in [2.75, 3.05) is 0 Å². The normalized spacial score (nSPS) is 21.0. The van der Waals surface area contributed by atoms with E-state index < -0.39 is 0 Å². The lowest BCUT2D eigenvalue weighted by Gasteiger charge is -2.28. The van der Waals surface area contributed by atoms with E-state index in [-0.39, 0.29) is 11.6 Å². The summed E-state index contributed by atoms with van der Waals surface area (Å²) >= 11 is 0. The molecular weight excluding hydrogens is 354 g/mol. The van der Waals surface area contributed by atoms with E-state index in [1.165, 1.54) is 16.3 Å². The number of nitrogens with zero attached hydrogens (tertiary/aromatic N) is 1. The smallest absolute Gasteiger partial charge is 0.217 e. The minimum absolute atomic E-state index is 0.137. The highest BCUT2D eigenvalue weighted by atomic mass is 16.5. The summed E-state index contributed by atoms with van der Waals surface area (Å²) in [5.41, 5.74) is 3.07. The first-order chi connectivity index (χ1) is 14.2. The Kier molecular flexibility index (Phi) is 4.40. The van der Waals surface area contributed by atoms with Crippen molar-refractivity contribution in [3.05, 3.63) is 120 Å². The standard InChI is InChI=1S/C27H23NO/c1-27(19-20-10-4-2-5-11-20)25(29-26(28-27)22-13-6-3-7-14-22)24-17-16-21-12-8-9-15-23(21)18-24/h2-18,25H,19H2,1H3/t25-,27-/m0/s1. The van der Waals surface area contributed by atoms with Crippen LogP contribution in [0.5, 0.6) is 0 Å². The van der Waals surface area contributed by atoms with E-state index in [0.717, 1.165) is 23.4 Å². The molecule has 1 heterocycles. The summed E-state index contributed by atoms with van der Waals surface area (Å²) in [6.07, 6.45) is 0.685. The van der Waals surface area contributed by atoms with Crippen molar-refractivity contribution in [2.24, 2.45) is 4.99 Å². The van der Waals surface area contributed by atoms with Gasteiger partial charge in [-0.15, -0.1) is 0 Å². The molecule has 0 saturated carbocycles. The highest BCUT2D eigenvalue weighted by Crippen LogP contribution is 2.42. The summed E-state index contributed by atoms with van der Waals surface area (Å²) in [4.78, 5) is 5.12. The van der Waals surface area contributed by atoms with E-state index in [2.05, 4.69) is 91.9 Å². The van der Waals surface area contributed by atoms with Crippen LogP contribution in [0.3, 0.4) is 0 Å². The molecule has 0 fully saturated rings. The third-order valence-corrected chi connectivity index (χ3v) is 5.65. The van der Waals surface area contributed by atoms with Gasteiger partial charge in [0.2, 0.25) is 5.90 Å². The highest BCUT2D eigenvalue weighted by molar-refractivity contribution is 5.96. The lowest BCUT2D eigenvalue weighted by molar-refractivity contribution is 0.147. The van der Waals surface area contributed by atoms with Gasteiger partial charge >= 0.3 is 0 Å². The molecule has 0 aliphatic carbocycles. The van der Waals surface area contributed by atoms with Crippen molar-refractivity contribution in [3.8, 4) is 0 Å². The molecule has 4 aromatic carbocycles. The molecule has 0 radical (unpaired) electrons. The summed E-state index contributed by atoms with van der Waals surface area (Å²) in [6, 6.07) is 35.8. The van der Waals surface area contributed by atoms with Crippen molar-refractivity contribution >= 4 is 16.7 Å². The Morgan fingerprint density at radius 2 is 1.41 bits per heavy atom. The SMILES string of the molecule is C[C@@]1(Cc2ccccc2)N=C(c2ccccc2)O[C@H]1c1ccc2ccccc2c1. The van der Waals surface area contributed by atoms with Crippen molar-refractivity contribution in [2.45, 2.75) is 25.0 Å². The molecule has 2 heteroatoms. The minimum Gasteiger partial charge on any atom is -0.467 e. The minimum atomic E-state index is -0.380. The fourth-order valence-electron chi connectivity index (χ4n) is 4.21. The molecule has 5 rings (SSSR count). The first-order valence-corrected chi connectivity index (χ1v) is 10.1. The Labute approximate surface area is 171 Å². The van der Waals surface area contributed by atoms with Gasteiger partial charge in [-0.05, 0) is 47.0 Å². The molecule has 0 saturated heterocycles. The van der Waals surface area contributed by atoms with E-state index in [4.69, 9.17) is 9.73 Å². The van der Waals surface area contributed by atoms with Crippen LogP contribution in [-0.2, 0) is 11.2 Å². The van der Waals surface area contributed by atoms with Crippen molar-refractivity contribution in [1.82, 2.24) is 0 Å². The molecule has 0 bridgehead atoms. The largest absolute Gasteiger partial charge is 0.467 e. The lowest BCUT2D eigenvalue weighted by atomic mass is 9.84. The van der Waals surface area contributed by atoms with E-state index in [9.17, 15) is 0 Å². The van der Waals surface area contributed by atoms with Gasteiger partial charge in [-0.3, -0.25) is 0 Å². The Hall–Kier alpha value is -3.39. The van der Waals surface area contributed by atoms with Crippen molar-refractivity contribution in [1.29, 1.82) is 0 Å². The van der Waals surface area contributed by atoms with Gasteiger partial charge in [-0.1, -0.05) is 84.9 Å². The quantitative estimate of drug-likeness (QED) is 0.405.